The molecule has 0 aromatic rings. The van der Waals surface area contributed by atoms with Gasteiger partial charge in [0.05, 0.1) is 19.8 Å². The first-order valence-electron chi connectivity index (χ1n) is 6.97. The van der Waals surface area contributed by atoms with Crippen LogP contribution in [-0.2, 0) is 9.53 Å². The van der Waals surface area contributed by atoms with Crippen molar-refractivity contribution in [1.29, 1.82) is 0 Å². The Bertz CT molecular complexity index is 325. The van der Waals surface area contributed by atoms with Gasteiger partial charge in [-0.1, -0.05) is 6.42 Å². The first kappa shape index (κ1) is 12.4. The van der Waals surface area contributed by atoms with E-state index in [0.29, 0.717) is 19.3 Å². The van der Waals surface area contributed by atoms with Crippen molar-refractivity contribution in [3.05, 3.63) is 0 Å². The van der Waals surface area contributed by atoms with Crippen molar-refractivity contribution < 1.29 is 14.6 Å². The van der Waals surface area contributed by atoms with Gasteiger partial charge in [0, 0.05) is 25.7 Å². The third kappa shape index (κ3) is 1.94. The number of ether oxygens (including phenoxy) is 1. The summed E-state index contributed by atoms with van der Waals surface area (Å²) in [6.07, 6.45) is 3.77. The molecular weight excluding hydrogens is 232 g/mol. The van der Waals surface area contributed by atoms with Gasteiger partial charge in [-0.15, -0.1) is 0 Å². The zero-order valence-corrected chi connectivity index (χ0v) is 10.8. The number of piperidine rings is 1. The van der Waals surface area contributed by atoms with E-state index in [1.165, 1.54) is 25.8 Å². The maximum absolute atomic E-state index is 12.5. The maximum Gasteiger partial charge on any atom is 0.235 e. The molecule has 0 aromatic heterocycles. The molecule has 3 aliphatic heterocycles. The molecule has 0 spiro atoms. The lowest BCUT2D eigenvalue weighted by molar-refractivity contribution is -0.183. The quantitative estimate of drug-likeness (QED) is 0.734. The molecule has 1 unspecified atom stereocenters. The maximum atomic E-state index is 12.5. The van der Waals surface area contributed by atoms with E-state index >= 15 is 0 Å². The van der Waals surface area contributed by atoms with Crippen LogP contribution in [0.2, 0.25) is 0 Å². The number of hydrogen-bond acceptors (Lipinski definition) is 4. The van der Waals surface area contributed by atoms with Crippen LogP contribution in [0.15, 0.2) is 0 Å². The van der Waals surface area contributed by atoms with Crippen molar-refractivity contribution in [3.63, 3.8) is 0 Å². The van der Waals surface area contributed by atoms with Crippen LogP contribution in [0.5, 0.6) is 0 Å². The fourth-order valence-electron chi connectivity index (χ4n) is 3.31. The Morgan fingerprint density at radius 1 is 1.28 bits per heavy atom. The molecule has 3 aliphatic rings. The van der Waals surface area contributed by atoms with E-state index in [0.717, 1.165) is 19.6 Å². The summed E-state index contributed by atoms with van der Waals surface area (Å²) in [6, 6.07) is 0.535. The minimum atomic E-state index is -0.628. The van der Waals surface area contributed by atoms with Gasteiger partial charge in [0.1, 0.15) is 5.41 Å². The Hall–Kier alpha value is -0.650. The molecule has 5 heteroatoms. The summed E-state index contributed by atoms with van der Waals surface area (Å²) in [5, 5.41) is 9.43. The number of aliphatic hydroxyl groups excluding tert-OH is 1. The summed E-state index contributed by atoms with van der Waals surface area (Å²) in [7, 11) is 0. The zero-order chi connectivity index (χ0) is 12.6. The highest BCUT2D eigenvalue weighted by molar-refractivity contribution is 5.84. The predicted molar refractivity (Wildman–Crippen MR) is 66.1 cm³/mol. The van der Waals surface area contributed by atoms with Crippen LogP contribution in [0.25, 0.3) is 0 Å². The highest BCUT2D eigenvalue weighted by Crippen LogP contribution is 2.31. The number of carbonyl (C=O) groups is 1. The van der Waals surface area contributed by atoms with E-state index in [4.69, 9.17) is 4.74 Å². The number of fused-ring (bicyclic) bond motifs is 1. The van der Waals surface area contributed by atoms with E-state index in [1.807, 2.05) is 4.90 Å². The number of hydrogen-bond donors (Lipinski definition) is 1. The van der Waals surface area contributed by atoms with Crippen molar-refractivity contribution in [2.45, 2.75) is 25.3 Å². The predicted octanol–water partition coefficient (Wildman–Crippen LogP) is -0.308. The van der Waals surface area contributed by atoms with Gasteiger partial charge in [0.15, 0.2) is 0 Å². The minimum absolute atomic E-state index is 0.0866. The third-order valence-corrected chi connectivity index (χ3v) is 4.64. The van der Waals surface area contributed by atoms with Gasteiger partial charge in [-0.25, -0.2) is 0 Å². The largest absolute Gasteiger partial charge is 0.395 e. The number of nitrogens with zero attached hydrogens (tertiary/aromatic N) is 2. The summed E-state index contributed by atoms with van der Waals surface area (Å²) in [5.74, 6) is 0.0986. The van der Waals surface area contributed by atoms with Crippen LogP contribution in [-0.4, -0.2) is 72.9 Å². The number of carbonyl (C=O) groups excluding carboxylic acids is 1. The van der Waals surface area contributed by atoms with Gasteiger partial charge in [-0.3, -0.25) is 9.69 Å². The average molecular weight is 254 g/mol. The summed E-state index contributed by atoms with van der Waals surface area (Å²) in [6.45, 7) is 4.48. The van der Waals surface area contributed by atoms with Crippen LogP contribution >= 0.6 is 0 Å². The zero-order valence-electron chi connectivity index (χ0n) is 10.8. The Balaban J connectivity index is 1.65. The Kier molecular flexibility index (Phi) is 3.30. The molecule has 0 bridgehead atoms. The van der Waals surface area contributed by atoms with Gasteiger partial charge < -0.3 is 14.7 Å². The van der Waals surface area contributed by atoms with E-state index < -0.39 is 5.41 Å². The van der Waals surface area contributed by atoms with Crippen LogP contribution in [0, 0.1) is 5.41 Å². The van der Waals surface area contributed by atoms with Crippen LogP contribution in [0.3, 0.4) is 0 Å². The molecule has 0 aliphatic carbocycles. The monoisotopic (exact) mass is 254 g/mol. The standard InChI is InChI=1S/C13H22N2O3/c16-8-13(9-18-10-13)12(17)15-6-5-14-4-2-1-3-11(14)7-15/h11,16H,1-10H2. The van der Waals surface area contributed by atoms with Gasteiger partial charge in [0.25, 0.3) is 0 Å². The van der Waals surface area contributed by atoms with Gasteiger partial charge >= 0.3 is 0 Å². The smallest absolute Gasteiger partial charge is 0.235 e. The first-order chi connectivity index (χ1) is 8.75. The lowest BCUT2D eigenvalue weighted by atomic mass is 9.84. The van der Waals surface area contributed by atoms with Crippen molar-refractivity contribution in [1.82, 2.24) is 9.80 Å². The SMILES string of the molecule is O=C(N1CCN2CCCCC2C1)C1(CO)COC1. The fourth-order valence-corrected chi connectivity index (χ4v) is 3.31. The van der Waals surface area contributed by atoms with E-state index in [-0.39, 0.29) is 12.5 Å². The number of aliphatic hydroxyl groups is 1. The van der Waals surface area contributed by atoms with E-state index in [9.17, 15) is 9.90 Å². The normalized spacial score (nSPS) is 31.6. The van der Waals surface area contributed by atoms with E-state index in [1.54, 1.807) is 0 Å². The molecule has 3 fully saturated rings. The molecule has 0 saturated carbocycles. The fraction of sp³-hybridized carbons (Fsp3) is 0.923. The van der Waals surface area contributed by atoms with Crippen molar-refractivity contribution >= 4 is 5.91 Å². The first-order valence-corrected chi connectivity index (χ1v) is 6.97. The average Bonchev–Trinajstić information content (AvgIpc) is 2.37. The molecule has 0 aromatic carbocycles. The molecule has 102 valence electrons. The van der Waals surface area contributed by atoms with Crippen LogP contribution < -0.4 is 0 Å². The van der Waals surface area contributed by atoms with Crippen molar-refractivity contribution in [3.8, 4) is 0 Å². The van der Waals surface area contributed by atoms with E-state index in [2.05, 4.69) is 4.90 Å². The third-order valence-electron chi connectivity index (χ3n) is 4.64. The Morgan fingerprint density at radius 2 is 2.11 bits per heavy atom. The summed E-state index contributed by atoms with van der Waals surface area (Å²) < 4.78 is 5.13. The Labute approximate surface area is 108 Å². The minimum Gasteiger partial charge on any atom is -0.395 e. The van der Waals surface area contributed by atoms with Gasteiger partial charge in [-0.2, -0.15) is 0 Å². The number of piperazine rings is 1. The lowest BCUT2D eigenvalue weighted by Crippen LogP contribution is -2.63. The lowest BCUT2D eigenvalue weighted by Gasteiger charge is -2.48. The molecule has 1 atom stereocenters. The molecule has 3 saturated heterocycles. The molecule has 3 heterocycles. The summed E-state index contributed by atoms with van der Waals surface area (Å²) in [4.78, 5) is 16.9. The topological polar surface area (TPSA) is 53.0 Å². The second kappa shape index (κ2) is 4.79. The highest BCUT2D eigenvalue weighted by atomic mass is 16.5. The molecule has 18 heavy (non-hydrogen) atoms. The second-order valence-corrected chi connectivity index (χ2v) is 5.87. The van der Waals surface area contributed by atoms with Crippen LogP contribution in [0.1, 0.15) is 19.3 Å². The summed E-state index contributed by atoms with van der Waals surface area (Å²) in [5.41, 5.74) is -0.628. The molecule has 0 radical (unpaired) electrons. The van der Waals surface area contributed by atoms with Crippen molar-refractivity contribution in [2.24, 2.45) is 5.41 Å². The molecule has 1 N–H and O–H groups in total. The highest BCUT2D eigenvalue weighted by Gasteiger charge is 2.48. The number of rotatable bonds is 2. The van der Waals surface area contributed by atoms with Crippen LogP contribution in [0.4, 0.5) is 0 Å². The Morgan fingerprint density at radius 3 is 2.78 bits per heavy atom. The molecule has 1 amide bonds. The molecule has 5 nitrogen and oxygen atoms in total. The van der Waals surface area contributed by atoms with Gasteiger partial charge in [0.2, 0.25) is 5.91 Å². The number of amides is 1. The molecular formula is C13H22N2O3. The van der Waals surface area contributed by atoms with Crippen molar-refractivity contribution in [2.75, 3.05) is 46.0 Å². The second-order valence-electron chi connectivity index (χ2n) is 5.87. The molecule has 3 rings (SSSR count). The van der Waals surface area contributed by atoms with Gasteiger partial charge in [-0.05, 0) is 19.4 Å². The summed E-state index contributed by atoms with van der Waals surface area (Å²) >= 11 is 0.